The maximum Gasteiger partial charge on any atom is 0.227 e. The van der Waals surface area contributed by atoms with Gasteiger partial charge < -0.3 is 11.1 Å². The van der Waals surface area contributed by atoms with E-state index >= 15 is 0 Å². The van der Waals surface area contributed by atoms with Crippen LogP contribution in [0.15, 0.2) is 18.2 Å². The summed E-state index contributed by atoms with van der Waals surface area (Å²) in [5.74, 6) is 0.806. The van der Waals surface area contributed by atoms with Crippen molar-refractivity contribution in [3.05, 3.63) is 23.8 Å². The summed E-state index contributed by atoms with van der Waals surface area (Å²) >= 11 is 0. The number of benzene rings is 1. The molecule has 1 aromatic rings. The van der Waals surface area contributed by atoms with Gasteiger partial charge in [0.25, 0.3) is 0 Å². The molecule has 1 saturated carbocycles. The van der Waals surface area contributed by atoms with Crippen molar-refractivity contribution in [2.75, 3.05) is 11.1 Å². The molecule has 2 unspecified atom stereocenters. The number of hydrogen-bond donors (Lipinski definition) is 2. The van der Waals surface area contributed by atoms with Crippen molar-refractivity contribution in [1.82, 2.24) is 0 Å². The van der Waals surface area contributed by atoms with Gasteiger partial charge in [0.1, 0.15) is 0 Å². The predicted molar refractivity (Wildman–Crippen MR) is 61.5 cm³/mol. The number of nitrogen functional groups attached to an aromatic ring is 1. The summed E-state index contributed by atoms with van der Waals surface area (Å²) in [5.41, 5.74) is 8.27. The Morgan fingerprint density at radius 3 is 2.73 bits per heavy atom. The lowest BCUT2D eigenvalue weighted by molar-refractivity contribution is -0.117. The van der Waals surface area contributed by atoms with Crippen LogP contribution in [0.3, 0.4) is 0 Å². The number of amides is 1. The van der Waals surface area contributed by atoms with Gasteiger partial charge in [0.2, 0.25) is 5.91 Å². The molecule has 0 aliphatic heterocycles. The molecule has 3 N–H and O–H groups in total. The minimum absolute atomic E-state index is 0.0954. The van der Waals surface area contributed by atoms with E-state index in [2.05, 4.69) is 12.2 Å². The summed E-state index contributed by atoms with van der Waals surface area (Å²) in [5, 5.41) is 2.87. The van der Waals surface area contributed by atoms with Gasteiger partial charge >= 0.3 is 0 Å². The highest BCUT2D eigenvalue weighted by Crippen LogP contribution is 2.38. The van der Waals surface area contributed by atoms with Crippen molar-refractivity contribution in [3.63, 3.8) is 0 Å². The highest BCUT2D eigenvalue weighted by molar-refractivity contribution is 5.96. The van der Waals surface area contributed by atoms with E-state index in [0.717, 1.165) is 17.7 Å². The van der Waals surface area contributed by atoms with Gasteiger partial charge in [-0.05, 0) is 37.0 Å². The number of hydrogen-bond acceptors (Lipinski definition) is 2. The zero-order valence-electron chi connectivity index (χ0n) is 9.08. The summed E-state index contributed by atoms with van der Waals surface area (Å²) in [7, 11) is 0. The molecule has 1 amide bonds. The molecule has 1 aliphatic rings. The van der Waals surface area contributed by atoms with Crippen LogP contribution >= 0.6 is 0 Å². The van der Waals surface area contributed by atoms with Crippen molar-refractivity contribution in [2.24, 2.45) is 11.8 Å². The van der Waals surface area contributed by atoms with Crippen LogP contribution in [-0.4, -0.2) is 5.91 Å². The minimum atomic E-state index is 0.0954. The van der Waals surface area contributed by atoms with Crippen LogP contribution in [0, 0.1) is 18.8 Å². The van der Waals surface area contributed by atoms with Crippen LogP contribution in [0.25, 0.3) is 0 Å². The average molecular weight is 204 g/mol. The standard InChI is InChI=1S/C12H16N2O/c1-7-3-4-11(10(13)5-7)14-12(15)9-6-8(9)2/h3-5,8-9H,6,13H2,1-2H3,(H,14,15). The Morgan fingerprint density at radius 1 is 1.53 bits per heavy atom. The van der Waals surface area contributed by atoms with Crippen molar-refractivity contribution in [1.29, 1.82) is 0 Å². The quantitative estimate of drug-likeness (QED) is 0.725. The Bertz CT molecular complexity index is 401. The van der Waals surface area contributed by atoms with Crippen LogP contribution in [0.5, 0.6) is 0 Å². The number of carbonyl (C=O) groups is 1. The van der Waals surface area contributed by atoms with Crippen molar-refractivity contribution >= 4 is 17.3 Å². The van der Waals surface area contributed by atoms with Crippen LogP contribution in [0.2, 0.25) is 0 Å². The number of rotatable bonds is 2. The van der Waals surface area contributed by atoms with Gasteiger partial charge in [0, 0.05) is 5.92 Å². The van der Waals surface area contributed by atoms with Gasteiger partial charge in [0.05, 0.1) is 11.4 Å². The van der Waals surface area contributed by atoms with Gasteiger partial charge in [-0.2, -0.15) is 0 Å². The van der Waals surface area contributed by atoms with E-state index < -0.39 is 0 Å². The third kappa shape index (κ3) is 2.12. The molecule has 0 saturated heterocycles. The van der Waals surface area contributed by atoms with Gasteiger partial charge in [-0.3, -0.25) is 4.79 Å². The predicted octanol–water partition coefficient (Wildman–Crippen LogP) is 2.17. The summed E-state index contributed by atoms with van der Waals surface area (Å²) in [6.45, 7) is 4.06. The molecule has 0 aromatic heterocycles. The Kier molecular flexibility index (Phi) is 2.39. The van der Waals surface area contributed by atoms with Crippen molar-refractivity contribution < 1.29 is 4.79 Å². The maximum atomic E-state index is 11.7. The van der Waals surface area contributed by atoms with Crippen molar-refractivity contribution in [3.8, 4) is 0 Å². The molecule has 0 heterocycles. The molecule has 3 nitrogen and oxygen atoms in total. The Balaban J connectivity index is 2.07. The second kappa shape index (κ2) is 3.57. The fourth-order valence-corrected chi connectivity index (χ4v) is 1.71. The zero-order chi connectivity index (χ0) is 11.0. The molecule has 0 spiro atoms. The van der Waals surface area contributed by atoms with E-state index in [9.17, 15) is 4.79 Å². The maximum absolute atomic E-state index is 11.7. The second-order valence-corrected chi connectivity index (χ2v) is 4.40. The largest absolute Gasteiger partial charge is 0.397 e. The van der Waals surface area contributed by atoms with Crippen molar-refractivity contribution in [2.45, 2.75) is 20.3 Å². The van der Waals surface area contributed by atoms with E-state index in [1.165, 1.54) is 0 Å². The highest BCUT2D eigenvalue weighted by atomic mass is 16.2. The summed E-state index contributed by atoms with van der Waals surface area (Å²) in [6.07, 6.45) is 0.998. The summed E-state index contributed by atoms with van der Waals surface area (Å²) < 4.78 is 0. The van der Waals surface area contributed by atoms with E-state index in [0.29, 0.717) is 11.6 Å². The smallest absolute Gasteiger partial charge is 0.227 e. The fraction of sp³-hybridized carbons (Fsp3) is 0.417. The van der Waals surface area contributed by atoms with Crippen LogP contribution in [-0.2, 0) is 4.79 Å². The van der Waals surface area contributed by atoms with E-state index in [1.54, 1.807) is 0 Å². The average Bonchev–Trinajstić information content (AvgIpc) is 2.88. The fourth-order valence-electron chi connectivity index (χ4n) is 1.71. The lowest BCUT2D eigenvalue weighted by Gasteiger charge is -2.08. The number of nitrogens with one attached hydrogen (secondary N) is 1. The first kappa shape index (κ1) is 10.0. The molecule has 0 radical (unpaired) electrons. The summed E-state index contributed by atoms with van der Waals surface area (Å²) in [4.78, 5) is 11.7. The molecule has 1 fully saturated rings. The highest BCUT2D eigenvalue weighted by Gasteiger charge is 2.39. The molecule has 80 valence electrons. The zero-order valence-corrected chi connectivity index (χ0v) is 9.08. The monoisotopic (exact) mass is 204 g/mol. The molecule has 1 aliphatic carbocycles. The number of carbonyl (C=O) groups excluding carboxylic acids is 1. The van der Waals surface area contributed by atoms with E-state index in [1.807, 2.05) is 25.1 Å². The van der Waals surface area contributed by atoms with Crippen LogP contribution in [0.1, 0.15) is 18.9 Å². The number of anilines is 2. The third-order valence-corrected chi connectivity index (χ3v) is 2.91. The topological polar surface area (TPSA) is 55.1 Å². The first-order chi connectivity index (χ1) is 7.08. The lowest BCUT2D eigenvalue weighted by Crippen LogP contribution is -2.15. The van der Waals surface area contributed by atoms with E-state index in [4.69, 9.17) is 5.73 Å². The normalized spacial score (nSPS) is 23.6. The Hall–Kier alpha value is -1.51. The van der Waals surface area contributed by atoms with Gasteiger partial charge in [0.15, 0.2) is 0 Å². The third-order valence-electron chi connectivity index (χ3n) is 2.91. The molecule has 15 heavy (non-hydrogen) atoms. The van der Waals surface area contributed by atoms with E-state index in [-0.39, 0.29) is 11.8 Å². The van der Waals surface area contributed by atoms with Gasteiger partial charge in [-0.1, -0.05) is 13.0 Å². The second-order valence-electron chi connectivity index (χ2n) is 4.40. The molecule has 0 bridgehead atoms. The minimum Gasteiger partial charge on any atom is -0.397 e. The van der Waals surface area contributed by atoms with Crippen LogP contribution in [0.4, 0.5) is 11.4 Å². The Morgan fingerprint density at radius 2 is 2.20 bits per heavy atom. The molecule has 2 atom stereocenters. The molecular formula is C12H16N2O. The van der Waals surface area contributed by atoms with Gasteiger partial charge in [-0.15, -0.1) is 0 Å². The number of nitrogens with two attached hydrogens (primary N) is 1. The Labute approximate surface area is 89.7 Å². The molecule has 2 rings (SSSR count). The molecule has 3 heteroatoms. The van der Waals surface area contributed by atoms with Gasteiger partial charge in [-0.25, -0.2) is 0 Å². The number of aryl methyl sites for hydroxylation is 1. The molecular weight excluding hydrogens is 188 g/mol. The SMILES string of the molecule is Cc1ccc(NC(=O)C2CC2C)c(N)c1. The first-order valence-electron chi connectivity index (χ1n) is 5.25. The van der Waals surface area contributed by atoms with Crippen LogP contribution < -0.4 is 11.1 Å². The molecule has 1 aromatic carbocycles. The summed E-state index contributed by atoms with van der Waals surface area (Å²) in [6, 6.07) is 5.67. The lowest BCUT2D eigenvalue weighted by atomic mass is 10.2. The first-order valence-corrected chi connectivity index (χ1v) is 5.25.